The summed E-state index contributed by atoms with van der Waals surface area (Å²) >= 11 is 8.11. The smallest absolute Gasteiger partial charge is 0.255 e. The van der Waals surface area contributed by atoms with Crippen LogP contribution in [0.3, 0.4) is 0 Å². The molecular formula is C13H17ClINO4. The Labute approximate surface area is 136 Å². The highest BCUT2D eigenvalue weighted by atomic mass is 127. The van der Waals surface area contributed by atoms with Crippen molar-refractivity contribution in [2.45, 2.75) is 12.5 Å². The highest BCUT2D eigenvalue weighted by Gasteiger charge is 2.18. The number of nitrogens with one attached hydrogen (secondary N) is 1. The third kappa shape index (κ3) is 4.76. The maximum atomic E-state index is 12.3. The summed E-state index contributed by atoms with van der Waals surface area (Å²) in [6, 6.07) is 3.01. The Kier molecular flexibility index (Phi) is 7.57. The van der Waals surface area contributed by atoms with Crippen LogP contribution in [0.15, 0.2) is 12.1 Å². The number of aliphatic hydroxyl groups is 1. The molecule has 5 nitrogen and oxygen atoms in total. The number of ether oxygens (including phenoxy) is 2. The quantitative estimate of drug-likeness (QED) is 0.672. The van der Waals surface area contributed by atoms with Crippen LogP contribution in [0.25, 0.3) is 0 Å². The predicted molar refractivity (Wildman–Crippen MR) is 85.6 cm³/mol. The van der Waals surface area contributed by atoms with Crippen LogP contribution in [0, 0.1) is 3.57 Å². The first-order valence-corrected chi connectivity index (χ1v) is 7.42. The van der Waals surface area contributed by atoms with E-state index in [9.17, 15) is 4.79 Å². The summed E-state index contributed by atoms with van der Waals surface area (Å²) < 4.78 is 11.0. The summed E-state index contributed by atoms with van der Waals surface area (Å²) in [5, 5.41) is 12.3. The highest BCUT2D eigenvalue weighted by molar-refractivity contribution is 14.1. The Morgan fingerprint density at radius 2 is 2.20 bits per heavy atom. The van der Waals surface area contributed by atoms with Gasteiger partial charge in [-0.1, -0.05) is 11.6 Å². The van der Waals surface area contributed by atoms with Crippen molar-refractivity contribution in [2.24, 2.45) is 0 Å². The second kappa shape index (κ2) is 8.66. The SMILES string of the molecule is COCC(CCO)NC(=O)c1cc(Cl)c(I)cc1OC. The number of benzene rings is 1. The molecule has 0 saturated carbocycles. The molecule has 0 spiro atoms. The Bertz CT molecular complexity index is 464. The molecular weight excluding hydrogens is 397 g/mol. The first-order valence-electron chi connectivity index (χ1n) is 5.97. The number of methoxy groups -OCH3 is 2. The summed E-state index contributed by atoms with van der Waals surface area (Å²) in [6.07, 6.45) is 0.417. The summed E-state index contributed by atoms with van der Waals surface area (Å²) in [6.45, 7) is 0.297. The van der Waals surface area contributed by atoms with Crippen molar-refractivity contribution in [3.05, 3.63) is 26.3 Å². The van der Waals surface area contributed by atoms with Crippen LogP contribution in [-0.4, -0.2) is 44.5 Å². The number of rotatable bonds is 7. The lowest BCUT2D eigenvalue weighted by Gasteiger charge is -2.18. The van der Waals surface area contributed by atoms with Gasteiger partial charge in [-0.25, -0.2) is 0 Å². The van der Waals surface area contributed by atoms with Crippen molar-refractivity contribution >= 4 is 40.1 Å². The van der Waals surface area contributed by atoms with E-state index in [4.69, 9.17) is 26.2 Å². The van der Waals surface area contributed by atoms with E-state index in [0.29, 0.717) is 29.4 Å². The molecule has 0 aliphatic heterocycles. The molecule has 7 heteroatoms. The standard InChI is InChI=1S/C13H17ClINO4/c1-19-7-8(3-4-17)16-13(18)9-5-10(14)11(15)6-12(9)20-2/h5-6,8,17H,3-4,7H2,1-2H3,(H,16,18). The molecule has 1 atom stereocenters. The van der Waals surface area contributed by atoms with Crippen molar-refractivity contribution in [1.29, 1.82) is 0 Å². The molecule has 20 heavy (non-hydrogen) atoms. The van der Waals surface area contributed by atoms with E-state index in [1.807, 2.05) is 0 Å². The monoisotopic (exact) mass is 413 g/mol. The number of amides is 1. The van der Waals surface area contributed by atoms with Crippen LogP contribution in [-0.2, 0) is 4.74 Å². The Morgan fingerprint density at radius 3 is 2.75 bits per heavy atom. The summed E-state index contributed by atoms with van der Waals surface area (Å²) in [5.41, 5.74) is 0.358. The zero-order valence-electron chi connectivity index (χ0n) is 11.3. The minimum atomic E-state index is -0.310. The van der Waals surface area contributed by atoms with Gasteiger partial charge in [0.2, 0.25) is 0 Å². The van der Waals surface area contributed by atoms with E-state index in [1.54, 1.807) is 19.2 Å². The third-order valence-electron chi connectivity index (χ3n) is 2.67. The van der Waals surface area contributed by atoms with Crippen LogP contribution < -0.4 is 10.1 Å². The normalized spacial score (nSPS) is 12.1. The topological polar surface area (TPSA) is 67.8 Å². The van der Waals surface area contributed by atoms with Crippen LogP contribution in [0.2, 0.25) is 5.02 Å². The second-order valence-electron chi connectivity index (χ2n) is 4.10. The van der Waals surface area contributed by atoms with Gasteiger partial charge in [-0.05, 0) is 41.1 Å². The maximum absolute atomic E-state index is 12.3. The van der Waals surface area contributed by atoms with Crippen LogP contribution >= 0.6 is 34.2 Å². The lowest BCUT2D eigenvalue weighted by Crippen LogP contribution is -2.38. The van der Waals surface area contributed by atoms with Crippen molar-refractivity contribution in [1.82, 2.24) is 5.32 Å². The van der Waals surface area contributed by atoms with Gasteiger partial charge in [0.25, 0.3) is 5.91 Å². The molecule has 1 rings (SSSR count). The zero-order chi connectivity index (χ0) is 15.1. The number of halogens is 2. The van der Waals surface area contributed by atoms with Crippen molar-refractivity contribution in [2.75, 3.05) is 27.4 Å². The van der Waals surface area contributed by atoms with Gasteiger partial charge < -0.3 is 19.9 Å². The van der Waals surface area contributed by atoms with Crippen molar-refractivity contribution in [3.63, 3.8) is 0 Å². The van der Waals surface area contributed by atoms with Crippen LogP contribution in [0.4, 0.5) is 0 Å². The Hall–Kier alpha value is -0.570. The van der Waals surface area contributed by atoms with E-state index in [0.717, 1.165) is 3.57 Å². The third-order valence-corrected chi connectivity index (χ3v) is 4.19. The molecule has 0 fully saturated rings. The number of carbonyl (C=O) groups is 1. The molecule has 1 aromatic carbocycles. The van der Waals surface area contributed by atoms with Gasteiger partial charge in [0.15, 0.2) is 0 Å². The minimum absolute atomic E-state index is 0.0289. The zero-order valence-corrected chi connectivity index (χ0v) is 14.2. The molecule has 1 aromatic rings. The fourth-order valence-corrected chi connectivity index (χ4v) is 2.29. The predicted octanol–water partition coefficient (Wildman–Crippen LogP) is 2.08. The molecule has 0 bridgehead atoms. The van der Waals surface area contributed by atoms with Gasteiger partial charge in [-0.3, -0.25) is 4.79 Å². The van der Waals surface area contributed by atoms with E-state index in [1.165, 1.54) is 7.11 Å². The minimum Gasteiger partial charge on any atom is -0.496 e. The lowest BCUT2D eigenvalue weighted by molar-refractivity contribution is 0.0876. The maximum Gasteiger partial charge on any atom is 0.255 e. The number of aliphatic hydroxyl groups excluding tert-OH is 1. The van der Waals surface area contributed by atoms with Gasteiger partial charge in [0.05, 0.1) is 30.3 Å². The van der Waals surface area contributed by atoms with Gasteiger partial charge in [-0.15, -0.1) is 0 Å². The summed E-state index contributed by atoms with van der Waals surface area (Å²) in [7, 11) is 3.04. The first-order chi connectivity index (χ1) is 9.53. The molecule has 1 unspecified atom stereocenters. The average Bonchev–Trinajstić information content (AvgIpc) is 2.41. The largest absolute Gasteiger partial charge is 0.496 e. The highest BCUT2D eigenvalue weighted by Crippen LogP contribution is 2.28. The van der Waals surface area contributed by atoms with Gasteiger partial charge in [0, 0.05) is 17.3 Å². The Morgan fingerprint density at radius 1 is 1.50 bits per heavy atom. The fraction of sp³-hybridized carbons (Fsp3) is 0.462. The molecule has 1 amide bonds. The van der Waals surface area contributed by atoms with E-state index in [2.05, 4.69) is 27.9 Å². The van der Waals surface area contributed by atoms with Crippen molar-refractivity contribution < 1.29 is 19.4 Å². The number of hydrogen-bond acceptors (Lipinski definition) is 4. The van der Waals surface area contributed by atoms with E-state index >= 15 is 0 Å². The van der Waals surface area contributed by atoms with Gasteiger partial charge in [-0.2, -0.15) is 0 Å². The molecule has 2 N–H and O–H groups in total. The molecule has 0 aromatic heterocycles. The van der Waals surface area contributed by atoms with Crippen molar-refractivity contribution in [3.8, 4) is 5.75 Å². The Balaban J connectivity index is 2.93. The fourth-order valence-electron chi connectivity index (χ4n) is 1.69. The van der Waals surface area contributed by atoms with Gasteiger partial charge >= 0.3 is 0 Å². The lowest BCUT2D eigenvalue weighted by atomic mass is 10.1. The van der Waals surface area contributed by atoms with Crippen LogP contribution in [0.1, 0.15) is 16.8 Å². The average molecular weight is 414 g/mol. The van der Waals surface area contributed by atoms with Crippen LogP contribution in [0.5, 0.6) is 5.75 Å². The first kappa shape index (κ1) is 17.5. The second-order valence-corrected chi connectivity index (χ2v) is 5.67. The molecule has 0 aliphatic rings. The van der Waals surface area contributed by atoms with E-state index in [-0.39, 0.29) is 18.6 Å². The van der Waals surface area contributed by atoms with E-state index < -0.39 is 0 Å². The van der Waals surface area contributed by atoms with Gasteiger partial charge in [0.1, 0.15) is 5.75 Å². The summed E-state index contributed by atoms with van der Waals surface area (Å²) in [5.74, 6) is 0.145. The number of hydrogen-bond donors (Lipinski definition) is 2. The molecule has 0 saturated heterocycles. The molecule has 0 heterocycles. The molecule has 0 radical (unpaired) electrons. The summed E-state index contributed by atoms with van der Waals surface area (Å²) in [4.78, 5) is 12.3. The number of carbonyl (C=O) groups excluding carboxylic acids is 1. The molecule has 112 valence electrons. The molecule has 0 aliphatic carbocycles.